The molecule has 0 N–H and O–H groups in total. The number of piperidine rings is 1. The molecular weight excluding hydrogens is 310 g/mol. The van der Waals surface area contributed by atoms with Crippen molar-refractivity contribution in [3.8, 4) is 0 Å². The number of benzene rings is 1. The summed E-state index contributed by atoms with van der Waals surface area (Å²) >= 11 is 6.04. The number of carbonyl (C=O) groups is 1. The standard InChI is InChI=1S/C15H20ClNO3S/c1-11-5-6-13(9-14(11)16)15(18)8-12-4-3-7-17(10-12)21(2,19)20/h5-6,9,12H,3-4,7-8,10H2,1-2H3. The summed E-state index contributed by atoms with van der Waals surface area (Å²) in [5, 5.41) is 0.585. The molecule has 21 heavy (non-hydrogen) atoms. The van der Waals surface area contributed by atoms with Crippen LogP contribution < -0.4 is 0 Å². The van der Waals surface area contributed by atoms with Crippen molar-refractivity contribution in [3.05, 3.63) is 34.3 Å². The molecule has 1 aliphatic heterocycles. The number of rotatable bonds is 4. The van der Waals surface area contributed by atoms with Crippen LogP contribution >= 0.6 is 11.6 Å². The lowest BCUT2D eigenvalue weighted by Crippen LogP contribution is -2.39. The molecule has 0 radical (unpaired) electrons. The molecule has 116 valence electrons. The van der Waals surface area contributed by atoms with Crippen molar-refractivity contribution >= 4 is 27.4 Å². The third kappa shape index (κ3) is 4.28. The summed E-state index contributed by atoms with van der Waals surface area (Å²) in [7, 11) is -3.17. The maximum Gasteiger partial charge on any atom is 0.211 e. The van der Waals surface area contributed by atoms with Gasteiger partial charge in [0.25, 0.3) is 0 Å². The van der Waals surface area contributed by atoms with Crippen LogP contribution in [0.5, 0.6) is 0 Å². The van der Waals surface area contributed by atoms with Crippen molar-refractivity contribution in [1.82, 2.24) is 4.31 Å². The molecule has 0 bridgehead atoms. The van der Waals surface area contributed by atoms with Gasteiger partial charge in [0.05, 0.1) is 6.26 Å². The zero-order valence-corrected chi connectivity index (χ0v) is 13.9. The van der Waals surface area contributed by atoms with Gasteiger partial charge < -0.3 is 0 Å². The van der Waals surface area contributed by atoms with Crippen LogP contribution in [0.2, 0.25) is 5.02 Å². The van der Waals surface area contributed by atoms with Crippen LogP contribution in [0.25, 0.3) is 0 Å². The lowest BCUT2D eigenvalue weighted by atomic mass is 9.92. The monoisotopic (exact) mass is 329 g/mol. The minimum Gasteiger partial charge on any atom is -0.294 e. The fourth-order valence-electron chi connectivity index (χ4n) is 2.64. The molecule has 1 aromatic carbocycles. The van der Waals surface area contributed by atoms with Crippen molar-refractivity contribution in [2.45, 2.75) is 26.2 Å². The van der Waals surface area contributed by atoms with Crippen LogP contribution in [0.1, 0.15) is 35.2 Å². The molecule has 0 spiro atoms. The Morgan fingerprint density at radius 1 is 1.43 bits per heavy atom. The van der Waals surface area contributed by atoms with Gasteiger partial charge in [-0.15, -0.1) is 0 Å². The normalized spacial score (nSPS) is 20.4. The molecule has 0 amide bonds. The molecule has 0 saturated carbocycles. The van der Waals surface area contributed by atoms with Crippen LogP contribution in [-0.2, 0) is 10.0 Å². The van der Waals surface area contributed by atoms with Crippen LogP contribution in [-0.4, -0.2) is 37.9 Å². The van der Waals surface area contributed by atoms with Crippen molar-refractivity contribution in [1.29, 1.82) is 0 Å². The molecule has 0 aromatic heterocycles. The van der Waals surface area contributed by atoms with Crippen molar-refractivity contribution in [2.24, 2.45) is 5.92 Å². The van der Waals surface area contributed by atoms with E-state index in [9.17, 15) is 13.2 Å². The Balaban J connectivity index is 2.03. The molecule has 1 saturated heterocycles. The van der Waals surface area contributed by atoms with Crippen LogP contribution in [0, 0.1) is 12.8 Å². The Morgan fingerprint density at radius 2 is 2.14 bits per heavy atom. The van der Waals surface area contributed by atoms with E-state index in [1.807, 2.05) is 13.0 Å². The lowest BCUT2D eigenvalue weighted by Gasteiger charge is -2.30. The van der Waals surface area contributed by atoms with E-state index in [0.717, 1.165) is 18.4 Å². The summed E-state index contributed by atoms with van der Waals surface area (Å²) in [5.41, 5.74) is 1.54. The fraction of sp³-hybridized carbons (Fsp3) is 0.533. The van der Waals surface area contributed by atoms with E-state index in [0.29, 0.717) is 30.1 Å². The summed E-state index contributed by atoms with van der Waals surface area (Å²) in [6.07, 6.45) is 3.28. The van der Waals surface area contributed by atoms with E-state index in [2.05, 4.69) is 0 Å². The highest BCUT2D eigenvalue weighted by molar-refractivity contribution is 7.88. The molecule has 1 fully saturated rings. The molecule has 1 aromatic rings. The first-order valence-corrected chi connectivity index (χ1v) is 9.24. The number of aryl methyl sites for hydroxylation is 1. The molecular formula is C15H20ClNO3S. The van der Waals surface area contributed by atoms with Gasteiger partial charge in [0.1, 0.15) is 0 Å². The Bertz CT molecular complexity index is 642. The molecule has 1 heterocycles. The number of Topliss-reactive ketones (excluding diaryl/α,β-unsaturated/α-hetero) is 1. The molecule has 0 aliphatic carbocycles. The second-order valence-corrected chi connectivity index (χ2v) is 8.11. The van der Waals surface area contributed by atoms with Crippen LogP contribution in [0.4, 0.5) is 0 Å². The smallest absolute Gasteiger partial charge is 0.211 e. The van der Waals surface area contributed by atoms with Gasteiger partial charge in [-0.2, -0.15) is 0 Å². The summed E-state index contributed by atoms with van der Waals surface area (Å²) in [4.78, 5) is 12.3. The van der Waals surface area contributed by atoms with Crippen molar-refractivity contribution < 1.29 is 13.2 Å². The number of sulfonamides is 1. The summed E-state index contributed by atoms with van der Waals surface area (Å²) < 4.78 is 24.7. The van der Waals surface area contributed by atoms with Gasteiger partial charge in [0, 0.05) is 30.1 Å². The third-order valence-electron chi connectivity index (χ3n) is 3.92. The van der Waals surface area contributed by atoms with E-state index < -0.39 is 10.0 Å². The number of ketones is 1. The topological polar surface area (TPSA) is 54.5 Å². The first-order chi connectivity index (χ1) is 9.77. The van der Waals surface area contributed by atoms with Gasteiger partial charge in [0.15, 0.2) is 5.78 Å². The highest BCUT2D eigenvalue weighted by atomic mass is 35.5. The SMILES string of the molecule is Cc1ccc(C(=O)CC2CCCN(S(C)(=O)=O)C2)cc1Cl. The largest absolute Gasteiger partial charge is 0.294 e. The molecule has 1 unspecified atom stereocenters. The minimum atomic E-state index is -3.17. The lowest BCUT2D eigenvalue weighted by molar-refractivity contribution is 0.0942. The van der Waals surface area contributed by atoms with Gasteiger partial charge in [-0.3, -0.25) is 4.79 Å². The average Bonchev–Trinajstić information content (AvgIpc) is 2.41. The molecule has 4 nitrogen and oxygen atoms in total. The van der Waals surface area contributed by atoms with E-state index >= 15 is 0 Å². The second-order valence-electron chi connectivity index (χ2n) is 5.72. The highest BCUT2D eigenvalue weighted by Crippen LogP contribution is 2.24. The van der Waals surface area contributed by atoms with Crippen molar-refractivity contribution in [2.75, 3.05) is 19.3 Å². The van der Waals surface area contributed by atoms with Gasteiger partial charge in [-0.25, -0.2) is 12.7 Å². The van der Waals surface area contributed by atoms with E-state index in [4.69, 9.17) is 11.6 Å². The Labute approximate surface area is 131 Å². The number of hydrogen-bond acceptors (Lipinski definition) is 3. The van der Waals surface area contributed by atoms with Crippen molar-refractivity contribution in [3.63, 3.8) is 0 Å². The quantitative estimate of drug-likeness (QED) is 0.798. The maximum atomic E-state index is 12.3. The Kier molecular flexibility index (Phi) is 5.07. The maximum absolute atomic E-state index is 12.3. The summed E-state index contributed by atoms with van der Waals surface area (Å²) in [5.74, 6) is 0.110. The predicted molar refractivity (Wildman–Crippen MR) is 84.3 cm³/mol. The molecule has 1 aliphatic rings. The second kappa shape index (κ2) is 6.46. The van der Waals surface area contributed by atoms with E-state index in [1.165, 1.54) is 10.6 Å². The zero-order chi connectivity index (χ0) is 15.6. The van der Waals surface area contributed by atoms with Gasteiger partial charge >= 0.3 is 0 Å². The van der Waals surface area contributed by atoms with E-state index in [-0.39, 0.29) is 11.7 Å². The van der Waals surface area contributed by atoms with Gasteiger partial charge in [0.2, 0.25) is 10.0 Å². The number of halogens is 1. The summed E-state index contributed by atoms with van der Waals surface area (Å²) in [6.45, 7) is 2.88. The highest BCUT2D eigenvalue weighted by Gasteiger charge is 2.27. The molecule has 1 atom stereocenters. The number of carbonyl (C=O) groups excluding carboxylic acids is 1. The summed E-state index contributed by atoms with van der Waals surface area (Å²) in [6, 6.07) is 5.30. The molecule has 2 rings (SSSR count). The molecule has 6 heteroatoms. The van der Waals surface area contributed by atoms with E-state index in [1.54, 1.807) is 12.1 Å². The Hall–Kier alpha value is -0.910. The first-order valence-electron chi connectivity index (χ1n) is 7.02. The Morgan fingerprint density at radius 3 is 2.76 bits per heavy atom. The number of nitrogens with zero attached hydrogens (tertiary/aromatic N) is 1. The fourth-order valence-corrected chi connectivity index (χ4v) is 3.76. The number of hydrogen-bond donors (Lipinski definition) is 0. The average molecular weight is 330 g/mol. The first kappa shape index (κ1) is 16.5. The van der Waals surface area contributed by atoms with Crippen LogP contribution in [0.15, 0.2) is 18.2 Å². The van der Waals surface area contributed by atoms with Gasteiger partial charge in [-0.05, 0) is 37.3 Å². The minimum absolute atomic E-state index is 0.0252. The third-order valence-corrected chi connectivity index (χ3v) is 5.60. The van der Waals surface area contributed by atoms with Crippen LogP contribution in [0.3, 0.4) is 0 Å². The zero-order valence-electron chi connectivity index (χ0n) is 12.3. The van der Waals surface area contributed by atoms with Gasteiger partial charge in [-0.1, -0.05) is 23.7 Å². The predicted octanol–water partition coefficient (Wildman–Crippen LogP) is 2.89.